The van der Waals surface area contributed by atoms with Gasteiger partial charge < -0.3 is 26.1 Å². The maximum atomic E-state index is 13.3. The third-order valence-electron chi connectivity index (χ3n) is 7.11. The monoisotopic (exact) mass is 526 g/mol. The van der Waals surface area contributed by atoms with E-state index >= 15 is 0 Å². The molecule has 0 radical (unpaired) electrons. The SMILES string of the molecule is CC(C)(C)[Si](C)(C)OC1CCN(c2cc(C(=O)Nc3cccnc3)c3c(N)c(C(N)=O)sc3n2)CC1. The molecule has 192 valence electrons. The van der Waals surface area contributed by atoms with Gasteiger partial charge in [-0.1, -0.05) is 20.8 Å². The minimum absolute atomic E-state index is 0.157. The molecule has 0 bridgehead atoms. The number of nitrogens with zero attached hydrogens (tertiary/aromatic N) is 3. The number of piperidine rings is 1. The number of nitrogens with one attached hydrogen (secondary N) is 1. The summed E-state index contributed by atoms with van der Waals surface area (Å²) >= 11 is 1.11. The highest BCUT2D eigenvalue weighted by Gasteiger charge is 2.39. The molecule has 3 aromatic heterocycles. The fourth-order valence-corrected chi connectivity index (χ4v) is 6.45. The number of nitrogen functional groups attached to an aromatic ring is 1. The molecule has 0 aliphatic carbocycles. The third kappa shape index (κ3) is 5.23. The van der Waals surface area contributed by atoms with Crippen molar-refractivity contribution in [2.45, 2.75) is 57.8 Å². The van der Waals surface area contributed by atoms with Crippen molar-refractivity contribution in [1.29, 1.82) is 0 Å². The van der Waals surface area contributed by atoms with Crippen molar-refractivity contribution in [3.05, 3.63) is 41.0 Å². The van der Waals surface area contributed by atoms with Crippen molar-refractivity contribution < 1.29 is 14.0 Å². The van der Waals surface area contributed by atoms with E-state index in [1.165, 1.54) is 0 Å². The van der Waals surface area contributed by atoms with Crippen LogP contribution in [0.25, 0.3) is 10.2 Å². The van der Waals surface area contributed by atoms with Crippen LogP contribution in [0.1, 0.15) is 53.6 Å². The minimum atomic E-state index is -1.85. The highest BCUT2D eigenvalue weighted by atomic mass is 32.1. The third-order valence-corrected chi connectivity index (χ3v) is 12.8. The molecule has 1 aliphatic heterocycles. The van der Waals surface area contributed by atoms with Gasteiger partial charge in [-0.05, 0) is 49.2 Å². The Morgan fingerprint density at radius 2 is 1.94 bits per heavy atom. The molecule has 2 amide bonds. The van der Waals surface area contributed by atoms with Crippen LogP contribution in [0.2, 0.25) is 18.1 Å². The van der Waals surface area contributed by atoms with Gasteiger partial charge in [0.2, 0.25) is 0 Å². The van der Waals surface area contributed by atoms with Crippen LogP contribution in [-0.4, -0.2) is 49.3 Å². The van der Waals surface area contributed by atoms with Gasteiger partial charge in [0.25, 0.3) is 11.8 Å². The Morgan fingerprint density at radius 1 is 1.25 bits per heavy atom. The number of thiophene rings is 1. The predicted molar refractivity (Wildman–Crippen MR) is 148 cm³/mol. The number of anilines is 3. The molecule has 5 N–H and O–H groups in total. The van der Waals surface area contributed by atoms with E-state index in [0.29, 0.717) is 27.3 Å². The van der Waals surface area contributed by atoms with E-state index in [2.05, 4.69) is 49.1 Å². The van der Waals surface area contributed by atoms with Crippen molar-refractivity contribution in [2.75, 3.05) is 29.0 Å². The summed E-state index contributed by atoms with van der Waals surface area (Å²) in [5.74, 6) is -0.325. The summed E-state index contributed by atoms with van der Waals surface area (Å²) in [5, 5.41) is 3.46. The zero-order valence-corrected chi connectivity index (χ0v) is 23.2. The van der Waals surface area contributed by atoms with Crippen LogP contribution in [-0.2, 0) is 4.43 Å². The number of carbonyl (C=O) groups excluding carboxylic acids is 2. The first-order valence-corrected chi connectivity index (χ1v) is 15.8. The summed E-state index contributed by atoms with van der Waals surface area (Å²) in [4.78, 5) is 37.0. The predicted octanol–water partition coefficient (Wildman–Crippen LogP) is 4.62. The Hall–Kier alpha value is -3.02. The summed E-state index contributed by atoms with van der Waals surface area (Å²) in [7, 11) is -1.85. The number of fused-ring (bicyclic) bond motifs is 1. The number of rotatable bonds is 6. The van der Waals surface area contributed by atoms with Gasteiger partial charge in [0.15, 0.2) is 8.32 Å². The van der Waals surface area contributed by atoms with E-state index in [1.54, 1.807) is 30.6 Å². The van der Waals surface area contributed by atoms with Gasteiger partial charge in [-0.3, -0.25) is 14.6 Å². The molecule has 0 atom stereocenters. The Kier molecular flexibility index (Phi) is 7.09. The maximum absolute atomic E-state index is 13.3. The molecule has 3 aromatic rings. The van der Waals surface area contributed by atoms with E-state index in [9.17, 15) is 9.59 Å². The Balaban J connectivity index is 1.63. The van der Waals surface area contributed by atoms with E-state index in [4.69, 9.17) is 20.9 Å². The molecule has 9 nitrogen and oxygen atoms in total. The van der Waals surface area contributed by atoms with E-state index in [0.717, 1.165) is 37.3 Å². The summed E-state index contributed by atoms with van der Waals surface area (Å²) < 4.78 is 6.63. The molecule has 0 unspecified atom stereocenters. The van der Waals surface area contributed by atoms with Crippen LogP contribution in [0.4, 0.5) is 17.2 Å². The summed E-state index contributed by atoms with van der Waals surface area (Å²) in [6.07, 6.45) is 5.16. The lowest BCUT2D eigenvalue weighted by molar-refractivity contribution is 0.100. The lowest BCUT2D eigenvalue weighted by Crippen LogP contribution is -2.47. The first-order chi connectivity index (χ1) is 16.9. The first kappa shape index (κ1) is 26.1. The second kappa shape index (κ2) is 9.79. The topological polar surface area (TPSA) is 136 Å². The van der Waals surface area contributed by atoms with Crippen molar-refractivity contribution in [3.63, 3.8) is 0 Å². The highest BCUT2D eigenvalue weighted by Crippen LogP contribution is 2.40. The fourth-order valence-electron chi connectivity index (χ4n) is 4.06. The average Bonchev–Trinajstić information content (AvgIpc) is 3.15. The Labute approximate surface area is 216 Å². The largest absolute Gasteiger partial charge is 0.414 e. The van der Waals surface area contributed by atoms with Gasteiger partial charge in [-0.25, -0.2) is 4.98 Å². The molecular weight excluding hydrogens is 492 g/mol. The molecule has 1 saturated heterocycles. The molecule has 36 heavy (non-hydrogen) atoms. The number of carbonyl (C=O) groups is 2. The molecule has 1 aliphatic rings. The molecule has 11 heteroatoms. The van der Waals surface area contributed by atoms with Gasteiger partial charge in [0, 0.05) is 30.8 Å². The van der Waals surface area contributed by atoms with Gasteiger partial charge in [-0.2, -0.15) is 0 Å². The van der Waals surface area contributed by atoms with E-state index < -0.39 is 14.2 Å². The van der Waals surface area contributed by atoms with Crippen LogP contribution in [0, 0.1) is 0 Å². The number of nitrogens with two attached hydrogens (primary N) is 2. The van der Waals surface area contributed by atoms with Gasteiger partial charge in [0.1, 0.15) is 15.5 Å². The van der Waals surface area contributed by atoms with E-state index in [-0.39, 0.29) is 27.6 Å². The van der Waals surface area contributed by atoms with Gasteiger partial charge >= 0.3 is 0 Å². The number of hydrogen-bond donors (Lipinski definition) is 3. The molecule has 4 rings (SSSR count). The smallest absolute Gasteiger partial charge is 0.260 e. The van der Waals surface area contributed by atoms with Crippen molar-refractivity contribution in [3.8, 4) is 0 Å². The van der Waals surface area contributed by atoms with Crippen LogP contribution in [0.5, 0.6) is 0 Å². The highest BCUT2D eigenvalue weighted by molar-refractivity contribution is 7.21. The van der Waals surface area contributed by atoms with Crippen molar-refractivity contribution in [2.24, 2.45) is 5.73 Å². The Morgan fingerprint density at radius 3 is 2.53 bits per heavy atom. The molecular formula is C25H34N6O3SSi. The zero-order chi connectivity index (χ0) is 26.3. The first-order valence-electron chi connectivity index (χ1n) is 12.0. The van der Waals surface area contributed by atoms with Crippen LogP contribution in [0.15, 0.2) is 30.6 Å². The summed E-state index contributed by atoms with van der Waals surface area (Å²) in [6.45, 7) is 12.8. The Bertz CT molecular complexity index is 1280. The normalized spacial score (nSPS) is 15.3. The fraction of sp³-hybridized carbons (Fsp3) is 0.440. The molecule has 4 heterocycles. The number of primary amides is 1. The molecule has 0 spiro atoms. The minimum Gasteiger partial charge on any atom is -0.414 e. The summed E-state index contributed by atoms with van der Waals surface area (Å²) in [5.41, 5.74) is 12.9. The number of pyridine rings is 2. The van der Waals surface area contributed by atoms with Gasteiger partial charge in [0.05, 0.1) is 23.1 Å². The van der Waals surface area contributed by atoms with E-state index in [1.807, 2.05) is 0 Å². The molecule has 0 aromatic carbocycles. The van der Waals surface area contributed by atoms with Crippen LogP contribution < -0.4 is 21.7 Å². The average molecular weight is 527 g/mol. The maximum Gasteiger partial charge on any atom is 0.260 e. The lowest BCUT2D eigenvalue weighted by Gasteiger charge is -2.42. The second-order valence-electron chi connectivity index (χ2n) is 10.7. The standard InChI is InChI=1S/C25H34N6O3SSi/c1-25(2,3)36(4,5)34-16-8-11-31(12-9-16)18-13-17(23(33)29-15-7-6-10-28-14-15)19-20(26)21(22(27)32)35-24(19)30-18/h6-7,10,13-14,16H,8-9,11-12,26H2,1-5H3,(H2,27,32)(H,29,33). The van der Waals surface area contributed by atoms with Gasteiger partial charge in [-0.15, -0.1) is 11.3 Å². The van der Waals surface area contributed by atoms with Crippen molar-refractivity contribution in [1.82, 2.24) is 9.97 Å². The molecule has 0 saturated carbocycles. The molecule has 1 fully saturated rings. The quantitative estimate of drug-likeness (QED) is 0.399. The number of aromatic nitrogens is 2. The van der Waals surface area contributed by atoms with Crippen molar-refractivity contribution >= 4 is 58.9 Å². The zero-order valence-electron chi connectivity index (χ0n) is 21.4. The lowest BCUT2D eigenvalue weighted by atomic mass is 10.1. The second-order valence-corrected chi connectivity index (χ2v) is 16.4. The summed E-state index contributed by atoms with van der Waals surface area (Å²) in [6, 6.07) is 5.24. The van der Waals surface area contributed by atoms with Crippen LogP contribution in [0.3, 0.4) is 0 Å². The number of hydrogen-bond acceptors (Lipinski definition) is 8. The number of amides is 2. The van der Waals surface area contributed by atoms with Crippen LogP contribution >= 0.6 is 11.3 Å².